The lowest BCUT2D eigenvalue weighted by atomic mass is 10.9. The van der Waals surface area contributed by atoms with Gasteiger partial charge in [0.1, 0.15) is 0 Å². The summed E-state index contributed by atoms with van der Waals surface area (Å²) in [5.41, 5.74) is -2.20. The van der Waals surface area contributed by atoms with E-state index in [9.17, 15) is 4.79 Å². The topological polar surface area (TPSA) is 47.6 Å². The van der Waals surface area contributed by atoms with Gasteiger partial charge in [-0.2, -0.15) is 0 Å². The van der Waals surface area contributed by atoms with Crippen molar-refractivity contribution in [3.63, 3.8) is 0 Å². The van der Waals surface area contributed by atoms with E-state index in [0.717, 1.165) is 5.75 Å². The second-order valence-electron chi connectivity index (χ2n) is 1.99. The molecule has 0 aromatic carbocycles. The molecule has 0 aliphatic heterocycles. The number of nitrogens with one attached hydrogen (secondary N) is 1. The van der Waals surface area contributed by atoms with E-state index in [1.54, 1.807) is 7.11 Å². The second-order valence-corrected chi connectivity index (χ2v) is 8.72. The van der Waals surface area contributed by atoms with Crippen LogP contribution in [0.4, 0.5) is 0 Å². The van der Waals surface area contributed by atoms with Gasteiger partial charge in [0.2, 0.25) is 12.0 Å². The minimum atomic E-state index is -2.20. The molecule has 78 valence electrons. The summed E-state index contributed by atoms with van der Waals surface area (Å²) in [7, 11) is 1.62. The number of hydrogen-bond acceptors (Lipinski definition) is 5. The zero-order chi connectivity index (χ0) is 10.2. The Morgan fingerprint density at radius 3 is 2.85 bits per heavy atom. The first-order valence-electron chi connectivity index (χ1n) is 3.78. The van der Waals surface area contributed by atoms with E-state index in [1.807, 2.05) is 6.92 Å². The molecule has 13 heavy (non-hydrogen) atoms. The number of ether oxygens (including phenoxy) is 1. The van der Waals surface area contributed by atoms with Crippen LogP contribution in [0.25, 0.3) is 0 Å². The molecule has 0 aromatic heterocycles. The molecule has 0 heterocycles. The molecule has 0 aliphatic carbocycles. The Balaban J connectivity index is 3.91. The molecule has 1 N–H and O–H groups in total. The van der Waals surface area contributed by atoms with Crippen molar-refractivity contribution in [2.75, 3.05) is 26.1 Å². The third kappa shape index (κ3) is 6.46. The van der Waals surface area contributed by atoms with E-state index in [2.05, 4.69) is 5.09 Å². The van der Waals surface area contributed by atoms with Crippen LogP contribution in [-0.2, 0) is 25.9 Å². The van der Waals surface area contributed by atoms with Crippen molar-refractivity contribution in [2.24, 2.45) is 0 Å². The zero-order valence-corrected chi connectivity index (χ0v) is 10.2. The fourth-order valence-electron chi connectivity index (χ4n) is 0.587. The summed E-state index contributed by atoms with van der Waals surface area (Å²) in [5.74, 6) is 0.731. The summed E-state index contributed by atoms with van der Waals surface area (Å²) in [6, 6.07) is 0. The molecule has 0 rings (SSSR count). The van der Waals surface area contributed by atoms with Crippen LogP contribution >= 0.6 is 17.0 Å². The molecule has 1 unspecified atom stereocenters. The molecule has 0 saturated heterocycles. The Morgan fingerprint density at radius 1 is 1.69 bits per heavy atom. The first-order valence-corrected chi connectivity index (χ1v) is 8.09. The Labute approximate surface area is 87.6 Å². The van der Waals surface area contributed by atoms with E-state index in [0.29, 0.717) is 19.6 Å². The normalized spacial score (nSPS) is 14.9. The van der Waals surface area contributed by atoms with Crippen LogP contribution < -0.4 is 5.09 Å². The number of carbonyl (C=O) groups excluding carboxylic acids is 1. The quantitative estimate of drug-likeness (QED) is 0.396. The lowest BCUT2D eigenvalue weighted by Gasteiger charge is -2.18. The summed E-state index contributed by atoms with van der Waals surface area (Å²) in [6.45, 7) is 2.97. The average Bonchev–Trinajstić information content (AvgIpc) is 2.05. The Bertz CT molecular complexity index is 191. The largest absolute Gasteiger partial charge is 0.384 e. The molecular weight excluding hydrogens is 229 g/mol. The summed E-state index contributed by atoms with van der Waals surface area (Å²) in [5, 5.41) is 2.55. The number of hydrogen-bond donors (Lipinski definition) is 1. The van der Waals surface area contributed by atoms with Gasteiger partial charge in [-0.15, -0.1) is 0 Å². The SMILES string of the molecule is CCOP(=S)(NC=O)SCCOC. The van der Waals surface area contributed by atoms with Crippen molar-refractivity contribution in [1.29, 1.82) is 0 Å². The van der Waals surface area contributed by atoms with Crippen molar-refractivity contribution in [3.8, 4) is 0 Å². The van der Waals surface area contributed by atoms with Crippen LogP contribution in [0.2, 0.25) is 0 Å². The van der Waals surface area contributed by atoms with Gasteiger partial charge in [-0.05, 0) is 18.7 Å². The standard InChI is InChI=1S/C6H14NO3PS2/c1-3-10-11(12,7-6-8)13-5-4-9-2/h6H,3-5H2,1-2H3,(H,7,8,12). The van der Waals surface area contributed by atoms with E-state index in [-0.39, 0.29) is 0 Å². The molecule has 0 bridgehead atoms. The average molecular weight is 243 g/mol. The van der Waals surface area contributed by atoms with Crippen molar-refractivity contribution in [2.45, 2.75) is 6.92 Å². The molecule has 1 amide bonds. The minimum absolute atomic E-state index is 0.512. The molecule has 0 aliphatic rings. The first kappa shape index (κ1) is 13.4. The highest BCUT2D eigenvalue weighted by Gasteiger charge is 2.16. The zero-order valence-electron chi connectivity index (χ0n) is 7.69. The Hall–Kier alpha value is 0.390. The van der Waals surface area contributed by atoms with E-state index in [4.69, 9.17) is 21.1 Å². The second kappa shape index (κ2) is 7.76. The molecule has 0 saturated carbocycles. The maximum absolute atomic E-state index is 10.3. The van der Waals surface area contributed by atoms with Gasteiger partial charge in [-0.25, -0.2) is 0 Å². The van der Waals surface area contributed by atoms with Gasteiger partial charge in [0.15, 0.2) is 0 Å². The van der Waals surface area contributed by atoms with Crippen molar-refractivity contribution >= 4 is 35.2 Å². The van der Waals surface area contributed by atoms with Gasteiger partial charge >= 0.3 is 0 Å². The van der Waals surface area contributed by atoms with Crippen LogP contribution in [-0.4, -0.2) is 32.5 Å². The fraction of sp³-hybridized carbons (Fsp3) is 0.833. The summed E-state index contributed by atoms with van der Waals surface area (Å²) >= 11 is 6.60. The van der Waals surface area contributed by atoms with Crippen molar-refractivity contribution < 1.29 is 14.1 Å². The molecule has 4 nitrogen and oxygen atoms in total. The van der Waals surface area contributed by atoms with Crippen LogP contribution in [0.1, 0.15) is 6.92 Å². The number of methoxy groups -OCH3 is 1. The van der Waals surface area contributed by atoms with Gasteiger partial charge in [0, 0.05) is 12.9 Å². The van der Waals surface area contributed by atoms with Gasteiger partial charge in [0.05, 0.1) is 13.2 Å². The predicted octanol–water partition coefficient (Wildman–Crippen LogP) is 1.37. The summed E-state index contributed by atoms with van der Waals surface area (Å²) in [4.78, 5) is 10.3. The fourth-order valence-corrected chi connectivity index (χ4v) is 4.71. The van der Waals surface area contributed by atoms with E-state index < -0.39 is 5.62 Å². The van der Waals surface area contributed by atoms with E-state index >= 15 is 0 Å². The van der Waals surface area contributed by atoms with E-state index in [1.165, 1.54) is 11.4 Å². The van der Waals surface area contributed by atoms with Crippen LogP contribution in [0, 0.1) is 0 Å². The lowest BCUT2D eigenvalue weighted by Crippen LogP contribution is -2.08. The predicted molar refractivity (Wildman–Crippen MR) is 59.4 cm³/mol. The summed E-state index contributed by atoms with van der Waals surface area (Å²) in [6.07, 6.45) is 0.593. The Morgan fingerprint density at radius 2 is 2.38 bits per heavy atom. The van der Waals surface area contributed by atoms with Crippen LogP contribution in [0.3, 0.4) is 0 Å². The molecule has 1 atom stereocenters. The first-order chi connectivity index (χ1) is 6.18. The Kier molecular flexibility index (Phi) is 8.00. The van der Waals surface area contributed by atoms with Crippen molar-refractivity contribution in [1.82, 2.24) is 5.09 Å². The molecule has 0 fully saturated rings. The lowest BCUT2D eigenvalue weighted by molar-refractivity contribution is -0.108. The van der Waals surface area contributed by atoms with Gasteiger partial charge in [-0.3, -0.25) is 4.79 Å². The van der Waals surface area contributed by atoms with Crippen LogP contribution in [0.5, 0.6) is 0 Å². The van der Waals surface area contributed by atoms with Gasteiger partial charge in [0.25, 0.3) is 0 Å². The van der Waals surface area contributed by atoms with Gasteiger partial charge in [-0.1, -0.05) is 11.4 Å². The minimum Gasteiger partial charge on any atom is -0.384 e. The molecule has 0 spiro atoms. The number of carbonyl (C=O) groups is 1. The molecule has 0 radical (unpaired) electrons. The van der Waals surface area contributed by atoms with Gasteiger partial charge < -0.3 is 14.3 Å². The van der Waals surface area contributed by atoms with Crippen molar-refractivity contribution in [3.05, 3.63) is 0 Å². The smallest absolute Gasteiger partial charge is 0.213 e. The highest BCUT2D eigenvalue weighted by Crippen LogP contribution is 2.55. The molecular formula is C6H14NO3PS2. The monoisotopic (exact) mass is 243 g/mol. The maximum atomic E-state index is 10.3. The third-order valence-electron chi connectivity index (χ3n) is 1.06. The van der Waals surface area contributed by atoms with Crippen LogP contribution in [0.15, 0.2) is 0 Å². The highest BCUT2D eigenvalue weighted by molar-refractivity contribution is 8.68. The third-order valence-corrected chi connectivity index (χ3v) is 6.55. The molecule has 0 aromatic rings. The molecule has 7 heteroatoms. The number of amides is 1. The summed E-state index contributed by atoms with van der Waals surface area (Å²) < 4.78 is 10.2. The number of rotatable bonds is 8. The maximum Gasteiger partial charge on any atom is 0.213 e. The highest BCUT2D eigenvalue weighted by atomic mass is 32.9.